The van der Waals surface area contributed by atoms with Crippen molar-refractivity contribution >= 4 is 22.8 Å². The van der Waals surface area contributed by atoms with E-state index in [1.807, 2.05) is 91.0 Å². The lowest BCUT2D eigenvalue weighted by atomic mass is 9.71. The zero-order valence-corrected chi connectivity index (χ0v) is 17.6. The maximum atomic E-state index is 12.8. The Bertz CT molecular complexity index is 1140. The number of hydrogen-bond donors (Lipinski definition) is 1. The normalized spacial score (nSPS) is 21.2. The van der Waals surface area contributed by atoms with Crippen LogP contribution >= 0.6 is 0 Å². The first-order valence-electron chi connectivity index (χ1n) is 10.0. The Morgan fingerprint density at radius 3 is 1.97 bits per heavy atom. The second-order valence-electron chi connectivity index (χ2n) is 7.54. The number of nitrogens with zero attached hydrogens (tertiary/aromatic N) is 1. The molecule has 2 N–H and O–H groups in total. The third-order valence-corrected chi connectivity index (χ3v) is 5.23. The molecule has 0 aromatic heterocycles. The maximum Gasteiger partial charge on any atom is 0.243 e. The van der Waals surface area contributed by atoms with Gasteiger partial charge in [-0.2, -0.15) is 5.26 Å². The number of Topliss-reactive ketones (excluding diaryl/α,β-unsaturated/α-hetero) is 1. The van der Waals surface area contributed by atoms with E-state index in [2.05, 4.69) is 6.07 Å². The van der Waals surface area contributed by atoms with Crippen molar-refractivity contribution in [3.8, 4) is 6.07 Å². The molecule has 0 radical (unpaired) electrons. The number of amides is 1. The zero-order valence-electron chi connectivity index (χ0n) is 17.6. The molecule has 2 aliphatic carbocycles. The molecule has 0 saturated heterocycles. The number of rotatable bonds is 3. The van der Waals surface area contributed by atoms with Crippen LogP contribution < -0.4 is 5.73 Å². The molecular weight excluding hydrogens is 384 g/mol. The van der Waals surface area contributed by atoms with E-state index < -0.39 is 17.2 Å². The summed E-state index contributed by atoms with van der Waals surface area (Å²) >= 11 is 0. The third kappa shape index (κ3) is 4.04. The van der Waals surface area contributed by atoms with Crippen LogP contribution in [0.1, 0.15) is 25.0 Å². The number of allylic oxidation sites excluding steroid dienone is 7. The van der Waals surface area contributed by atoms with Gasteiger partial charge in [-0.3, -0.25) is 4.79 Å². The molecule has 1 amide bonds. The molecule has 154 valence electrons. The van der Waals surface area contributed by atoms with Gasteiger partial charge < -0.3 is 10.5 Å². The molecule has 2 aliphatic rings. The molecule has 2 aromatic rings. The van der Waals surface area contributed by atoms with Crippen molar-refractivity contribution in [2.24, 2.45) is 17.1 Å². The average Bonchev–Trinajstić information content (AvgIpc) is 2.87. The summed E-state index contributed by atoms with van der Waals surface area (Å²) in [7, 11) is 0. The van der Waals surface area contributed by atoms with Gasteiger partial charge in [-0.05, 0) is 41.7 Å². The van der Waals surface area contributed by atoms with Gasteiger partial charge in [-0.1, -0.05) is 91.0 Å². The first-order valence-corrected chi connectivity index (χ1v) is 10.0. The van der Waals surface area contributed by atoms with Crippen LogP contribution in [0.3, 0.4) is 0 Å². The van der Waals surface area contributed by atoms with E-state index in [4.69, 9.17) is 5.73 Å². The topological polar surface area (TPSA) is 83.9 Å². The van der Waals surface area contributed by atoms with Gasteiger partial charge in [0.15, 0.2) is 5.41 Å². The number of nitrogens with two attached hydrogens (primary N) is 1. The monoisotopic (exact) mass is 408 g/mol. The van der Waals surface area contributed by atoms with Crippen LogP contribution in [0.5, 0.6) is 0 Å². The van der Waals surface area contributed by atoms with E-state index in [1.165, 1.54) is 13.8 Å². The van der Waals surface area contributed by atoms with Crippen LogP contribution in [-0.4, -0.2) is 11.7 Å². The number of carbonyl (C=O) groups is 2. The molecule has 31 heavy (non-hydrogen) atoms. The summed E-state index contributed by atoms with van der Waals surface area (Å²) in [6.07, 6.45) is 9.60. The lowest BCUT2D eigenvalue weighted by Gasteiger charge is -2.27. The smallest absolute Gasteiger partial charge is 0.243 e. The van der Waals surface area contributed by atoms with Crippen LogP contribution in [0, 0.1) is 22.7 Å². The number of fused-ring (bicyclic) bond motifs is 1. The zero-order chi connectivity index (χ0) is 22.4. The van der Waals surface area contributed by atoms with E-state index in [9.17, 15) is 14.9 Å². The van der Waals surface area contributed by atoms with Crippen molar-refractivity contribution in [1.29, 1.82) is 5.26 Å². The van der Waals surface area contributed by atoms with Crippen molar-refractivity contribution in [2.75, 3.05) is 0 Å². The Hall–Kier alpha value is -3.97. The van der Waals surface area contributed by atoms with Crippen LogP contribution in [0.15, 0.2) is 96.6 Å². The lowest BCUT2D eigenvalue weighted by Crippen LogP contribution is -2.40. The quantitative estimate of drug-likeness (QED) is 0.786. The second kappa shape index (κ2) is 9.23. The average molecular weight is 409 g/mol. The van der Waals surface area contributed by atoms with Crippen molar-refractivity contribution in [1.82, 2.24) is 0 Å². The molecule has 4 heteroatoms. The Balaban J connectivity index is 0.000000628. The third-order valence-electron chi connectivity index (χ3n) is 5.23. The van der Waals surface area contributed by atoms with Crippen molar-refractivity contribution in [2.45, 2.75) is 13.8 Å². The highest BCUT2D eigenvalue weighted by atomic mass is 16.1. The maximum absolute atomic E-state index is 12.8. The molecule has 0 unspecified atom stereocenters. The molecule has 0 aliphatic heterocycles. The number of hydrogen-bond acceptors (Lipinski definition) is 3. The Morgan fingerprint density at radius 2 is 1.45 bits per heavy atom. The molecule has 0 fully saturated rings. The number of primary amides is 1. The van der Waals surface area contributed by atoms with Crippen molar-refractivity contribution in [3.05, 3.63) is 108 Å². The first-order chi connectivity index (χ1) is 14.9. The Morgan fingerprint density at radius 1 is 0.903 bits per heavy atom. The van der Waals surface area contributed by atoms with Crippen LogP contribution in [0.25, 0.3) is 11.1 Å². The van der Waals surface area contributed by atoms with Gasteiger partial charge in [0.25, 0.3) is 0 Å². The molecular formula is C27H24N2O2. The van der Waals surface area contributed by atoms with Gasteiger partial charge in [0.1, 0.15) is 5.78 Å². The van der Waals surface area contributed by atoms with Crippen molar-refractivity contribution < 1.29 is 9.59 Å². The van der Waals surface area contributed by atoms with Gasteiger partial charge in [-0.15, -0.1) is 0 Å². The summed E-state index contributed by atoms with van der Waals surface area (Å²) in [5.41, 5.74) is 8.76. The van der Waals surface area contributed by atoms with E-state index in [-0.39, 0.29) is 5.78 Å². The van der Waals surface area contributed by atoms with Gasteiger partial charge in [-0.25, -0.2) is 0 Å². The number of benzene rings is 2. The summed E-state index contributed by atoms with van der Waals surface area (Å²) in [5, 5.41) is 10.2. The van der Waals surface area contributed by atoms with Gasteiger partial charge in [0, 0.05) is 5.92 Å². The number of ketones is 1. The predicted molar refractivity (Wildman–Crippen MR) is 123 cm³/mol. The van der Waals surface area contributed by atoms with E-state index in [0.29, 0.717) is 5.57 Å². The fourth-order valence-electron chi connectivity index (χ4n) is 4.07. The van der Waals surface area contributed by atoms with Crippen molar-refractivity contribution in [3.63, 3.8) is 0 Å². The fourth-order valence-corrected chi connectivity index (χ4v) is 4.07. The molecule has 0 bridgehead atoms. The molecule has 0 saturated carbocycles. The second-order valence-corrected chi connectivity index (χ2v) is 7.54. The minimum absolute atomic E-state index is 0.167. The lowest BCUT2D eigenvalue weighted by molar-refractivity contribution is -0.123. The molecule has 2 aromatic carbocycles. The Labute approximate surface area is 182 Å². The van der Waals surface area contributed by atoms with E-state index >= 15 is 0 Å². The molecule has 0 spiro atoms. The van der Waals surface area contributed by atoms with Crippen LogP contribution in [-0.2, 0) is 9.59 Å². The highest BCUT2D eigenvalue weighted by Gasteiger charge is 2.55. The van der Waals surface area contributed by atoms with Crippen LogP contribution in [0.4, 0.5) is 0 Å². The minimum Gasteiger partial charge on any atom is -0.368 e. The van der Waals surface area contributed by atoms with Crippen LogP contribution in [0.2, 0.25) is 0 Å². The highest BCUT2D eigenvalue weighted by Crippen LogP contribution is 2.58. The summed E-state index contributed by atoms with van der Waals surface area (Å²) in [4.78, 5) is 22.2. The van der Waals surface area contributed by atoms with Gasteiger partial charge >= 0.3 is 0 Å². The fraction of sp³-hybridized carbons (Fsp3) is 0.148. The number of carbonyl (C=O) groups excluding carboxylic acids is 2. The summed E-state index contributed by atoms with van der Waals surface area (Å²) < 4.78 is 0. The van der Waals surface area contributed by atoms with Gasteiger partial charge in [0.05, 0.1) is 6.07 Å². The summed E-state index contributed by atoms with van der Waals surface area (Å²) in [6.45, 7) is 3.06. The summed E-state index contributed by atoms with van der Waals surface area (Å²) in [6, 6.07) is 21.8. The van der Waals surface area contributed by atoms with E-state index in [0.717, 1.165) is 22.3 Å². The minimum atomic E-state index is -1.46. The molecule has 0 heterocycles. The molecule has 2 atom stereocenters. The first kappa shape index (κ1) is 21.7. The standard InChI is InChI=1S/C24H18N2O.C3H6O/c25-16-24(23(26)27)20-15-9-3-8-14-19(20)21(17-10-4-1-5-11-17)22(24)18-12-6-2-7-13-18;1-3(2)4/h1-15,20H,(H2,26,27);1-2H3/t20-,24+;/m1./s1. The molecule has 4 rings (SSSR count). The highest BCUT2D eigenvalue weighted by molar-refractivity contribution is 6.15. The molecule has 4 nitrogen and oxygen atoms in total. The predicted octanol–water partition coefficient (Wildman–Crippen LogP) is 4.87. The largest absolute Gasteiger partial charge is 0.368 e. The summed E-state index contributed by atoms with van der Waals surface area (Å²) in [5.74, 6) is -0.891. The number of nitriles is 1. The Kier molecular flexibility index (Phi) is 6.47. The van der Waals surface area contributed by atoms with Gasteiger partial charge in [0.2, 0.25) is 5.91 Å². The van der Waals surface area contributed by atoms with E-state index in [1.54, 1.807) is 0 Å². The SMILES string of the molecule is CC(C)=O.N#C[C@@]1(C(N)=O)C(c2ccccc2)=C(c2ccccc2)C2=CC=CC=C[C@H]21.